The van der Waals surface area contributed by atoms with Crippen LogP contribution < -0.4 is 10.6 Å². The number of rotatable bonds is 3. The van der Waals surface area contributed by atoms with E-state index in [1.807, 2.05) is 0 Å². The molecule has 1 amide bonds. The number of phenols is 1. The number of Topliss-reactive ketones (excluding diaryl/α,β-unsaturated/α-hetero) is 1. The normalized spacial score (nSPS) is 23.5. The summed E-state index contributed by atoms with van der Waals surface area (Å²) in [6, 6.07) is 3.46. The number of aromatic hydroxyl groups is 1. The Bertz CT molecular complexity index is 878. The highest BCUT2D eigenvalue weighted by Gasteiger charge is 2.52. The van der Waals surface area contributed by atoms with E-state index in [9.17, 15) is 19.1 Å². The molecule has 1 aromatic rings. The van der Waals surface area contributed by atoms with Gasteiger partial charge in [-0.2, -0.15) is 0 Å². The topological polar surface area (TPSA) is 100 Å². The summed E-state index contributed by atoms with van der Waals surface area (Å²) in [5.74, 6) is -0.405. The second-order valence-corrected chi connectivity index (χ2v) is 8.60. The van der Waals surface area contributed by atoms with Crippen molar-refractivity contribution in [3.63, 3.8) is 0 Å². The molecule has 1 aromatic carbocycles. The molecule has 0 spiro atoms. The Morgan fingerprint density at radius 3 is 2.86 bits per heavy atom. The number of phenolic OH excluding ortho intramolecular Hbond substituents is 1. The van der Waals surface area contributed by atoms with Crippen LogP contribution in [0, 0.1) is 5.82 Å². The number of ketones is 1. The quantitative estimate of drug-likeness (QED) is 0.666. The van der Waals surface area contributed by atoms with Crippen LogP contribution in [0.3, 0.4) is 0 Å². The van der Waals surface area contributed by atoms with Gasteiger partial charge in [0.2, 0.25) is 5.78 Å². The van der Waals surface area contributed by atoms with Gasteiger partial charge in [-0.25, -0.2) is 9.18 Å². The van der Waals surface area contributed by atoms with E-state index in [0.717, 1.165) is 12.1 Å². The fourth-order valence-corrected chi connectivity index (χ4v) is 3.95. The second-order valence-electron chi connectivity index (χ2n) is 7.51. The molecule has 28 heavy (non-hydrogen) atoms. The lowest BCUT2D eigenvalue weighted by atomic mass is 9.96. The van der Waals surface area contributed by atoms with Gasteiger partial charge in [-0.15, -0.1) is 11.8 Å². The smallest absolute Gasteiger partial charge is 0.408 e. The minimum Gasteiger partial charge on any atom is -0.507 e. The van der Waals surface area contributed by atoms with Gasteiger partial charge in [-0.3, -0.25) is 9.79 Å². The third kappa shape index (κ3) is 4.14. The van der Waals surface area contributed by atoms with Crippen molar-refractivity contribution in [3.05, 3.63) is 35.3 Å². The molecule has 0 radical (unpaired) electrons. The minimum atomic E-state index is -1.39. The van der Waals surface area contributed by atoms with Gasteiger partial charge in [0.15, 0.2) is 5.54 Å². The number of nitrogens with one attached hydrogen (secondary N) is 2. The lowest BCUT2D eigenvalue weighted by molar-refractivity contribution is -0.117. The molecule has 3 N–H and O–H groups in total. The first-order valence-corrected chi connectivity index (χ1v) is 9.77. The number of carbonyl (C=O) groups excluding carboxylic acids is 2. The van der Waals surface area contributed by atoms with Gasteiger partial charge in [0, 0.05) is 17.9 Å². The molecule has 1 saturated heterocycles. The molecule has 0 unspecified atom stereocenters. The first-order chi connectivity index (χ1) is 13.1. The van der Waals surface area contributed by atoms with Crippen LogP contribution in [0.25, 0.3) is 6.08 Å². The molecular formula is C19H22FN3O4S. The average molecular weight is 407 g/mol. The van der Waals surface area contributed by atoms with Crippen molar-refractivity contribution in [3.8, 4) is 5.75 Å². The van der Waals surface area contributed by atoms with E-state index in [0.29, 0.717) is 17.3 Å². The maximum Gasteiger partial charge on any atom is 0.408 e. The molecule has 2 heterocycles. The molecule has 0 bridgehead atoms. The highest BCUT2D eigenvalue weighted by Crippen LogP contribution is 2.31. The SMILES string of the molecule is CC(C)(C)OC(=O)N[C@@]1(C2=NCCS2)CN/C(=C\c2cc(F)ccc2O)C1=O. The standard InChI is InChI=1S/C19H22FN3O4S/c1-18(2,3)27-17(26)23-19(16-21-6-7-28-16)10-22-13(15(19)25)9-11-8-12(20)4-5-14(11)24/h4-5,8-9,22,24H,6-7,10H2,1-3H3,(H,23,26)/b13-9-/t19-/m0/s1. The van der Waals surface area contributed by atoms with Gasteiger partial charge >= 0.3 is 6.09 Å². The fraction of sp³-hybridized carbons (Fsp3) is 0.421. The zero-order valence-electron chi connectivity index (χ0n) is 15.8. The summed E-state index contributed by atoms with van der Waals surface area (Å²) in [6.45, 7) is 5.82. The van der Waals surface area contributed by atoms with Gasteiger partial charge in [0.05, 0.1) is 12.2 Å². The Morgan fingerprint density at radius 2 is 2.21 bits per heavy atom. The van der Waals surface area contributed by atoms with Crippen molar-refractivity contribution in [1.29, 1.82) is 0 Å². The number of carbonyl (C=O) groups is 2. The average Bonchev–Trinajstić information content (AvgIpc) is 3.21. The molecule has 1 atom stereocenters. The van der Waals surface area contributed by atoms with Crippen LogP contribution in [0.5, 0.6) is 5.75 Å². The molecule has 2 aliphatic rings. The number of benzene rings is 1. The predicted molar refractivity (Wildman–Crippen MR) is 106 cm³/mol. The van der Waals surface area contributed by atoms with E-state index in [-0.39, 0.29) is 23.6 Å². The summed E-state index contributed by atoms with van der Waals surface area (Å²) in [5, 5.41) is 16.1. The van der Waals surface area contributed by atoms with E-state index in [4.69, 9.17) is 4.74 Å². The third-order valence-electron chi connectivity index (χ3n) is 4.13. The summed E-state index contributed by atoms with van der Waals surface area (Å²) < 4.78 is 18.8. The molecule has 2 aliphatic heterocycles. The van der Waals surface area contributed by atoms with Crippen molar-refractivity contribution in [1.82, 2.24) is 10.6 Å². The molecule has 0 saturated carbocycles. The summed E-state index contributed by atoms with van der Waals surface area (Å²) in [5.41, 5.74) is -1.81. The van der Waals surface area contributed by atoms with E-state index in [1.54, 1.807) is 20.8 Å². The van der Waals surface area contributed by atoms with Gasteiger partial charge < -0.3 is 20.5 Å². The molecule has 0 aromatic heterocycles. The van der Waals surface area contributed by atoms with E-state index >= 15 is 0 Å². The highest BCUT2D eigenvalue weighted by molar-refractivity contribution is 8.14. The Labute approximate surface area is 166 Å². The van der Waals surface area contributed by atoms with Crippen LogP contribution in [0.4, 0.5) is 9.18 Å². The van der Waals surface area contributed by atoms with E-state index in [1.165, 1.54) is 23.9 Å². The number of hydrogen-bond donors (Lipinski definition) is 3. The Balaban J connectivity index is 1.93. The van der Waals surface area contributed by atoms with E-state index in [2.05, 4.69) is 15.6 Å². The van der Waals surface area contributed by atoms with Gasteiger partial charge in [-0.05, 0) is 45.0 Å². The van der Waals surface area contributed by atoms with Crippen molar-refractivity contribution < 1.29 is 23.8 Å². The third-order valence-corrected chi connectivity index (χ3v) is 5.27. The first-order valence-electron chi connectivity index (χ1n) is 8.78. The largest absolute Gasteiger partial charge is 0.507 e. The monoisotopic (exact) mass is 407 g/mol. The van der Waals surface area contributed by atoms with Crippen molar-refractivity contribution in [2.75, 3.05) is 18.8 Å². The summed E-state index contributed by atoms with van der Waals surface area (Å²) in [7, 11) is 0. The molecule has 3 rings (SSSR count). The van der Waals surface area contributed by atoms with Crippen LogP contribution in [0.15, 0.2) is 28.9 Å². The molecule has 7 nitrogen and oxygen atoms in total. The maximum atomic E-state index is 13.5. The second kappa shape index (κ2) is 7.46. The fourth-order valence-electron chi connectivity index (χ4n) is 2.93. The number of aliphatic imine (C=N–C) groups is 1. The van der Waals surface area contributed by atoms with E-state index < -0.39 is 28.8 Å². The van der Waals surface area contributed by atoms with Gasteiger partial charge in [0.25, 0.3) is 0 Å². The lowest BCUT2D eigenvalue weighted by Crippen LogP contribution is -2.60. The number of nitrogens with zero attached hydrogens (tertiary/aromatic N) is 1. The van der Waals surface area contributed by atoms with Crippen molar-refractivity contribution >= 4 is 34.8 Å². The Hall–Kier alpha value is -2.55. The molecule has 150 valence electrons. The van der Waals surface area contributed by atoms with Gasteiger partial charge in [-0.1, -0.05) is 0 Å². The number of ether oxygens (including phenoxy) is 1. The minimum absolute atomic E-state index is 0.0822. The summed E-state index contributed by atoms with van der Waals surface area (Å²) in [4.78, 5) is 30.0. The molecule has 0 aliphatic carbocycles. The molecular weight excluding hydrogens is 385 g/mol. The van der Waals surface area contributed by atoms with Crippen LogP contribution >= 0.6 is 11.8 Å². The van der Waals surface area contributed by atoms with Crippen molar-refractivity contribution in [2.45, 2.75) is 31.9 Å². The van der Waals surface area contributed by atoms with Gasteiger partial charge in [0.1, 0.15) is 22.2 Å². The number of hydrogen-bond acceptors (Lipinski definition) is 7. The molecule has 1 fully saturated rings. The summed E-state index contributed by atoms with van der Waals surface area (Å²) in [6.07, 6.45) is 0.632. The number of amides is 1. The zero-order chi connectivity index (χ0) is 20.5. The molecule has 9 heteroatoms. The predicted octanol–water partition coefficient (Wildman–Crippen LogP) is 2.45. The number of thioether (sulfide) groups is 1. The Morgan fingerprint density at radius 1 is 1.46 bits per heavy atom. The number of halogens is 1. The lowest BCUT2D eigenvalue weighted by Gasteiger charge is -2.29. The first kappa shape index (κ1) is 20.2. The van der Waals surface area contributed by atoms with Crippen LogP contribution in [-0.4, -0.2) is 52.0 Å². The zero-order valence-corrected chi connectivity index (χ0v) is 16.7. The van der Waals surface area contributed by atoms with Crippen LogP contribution in [-0.2, 0) is 9.53 Å². The number of alkyl carbamates (subject to hydrolysis) is 1. The maximum absolute atomic E-state index is 13.5. The van der Waals surface area contributed by atoms with Crippen molar-refractivity contribution in [2.24, 2.45) is 4.99 Å². The van der Waals surface area contributed by atoms with Crippen LogP contribution in [0.1, 0.15) is 26.3 Å². The Kier molecular flexibility index (Phi) is 5.38. The van der Waals surface area contributed by atoms with Crippen LogP contribution in [0.2, 0.25) is 0 Å². The summed E-state index contributed by atoms with van der Waals surface area (Å²) >= 11 is 1.40. The highest BCUT2D eigenvalue weighted by atomic mass is 32.2.